The van der Waals surface area contributed by atoms with Crippen molar-refractivity contribution < 1.29 is 4.74 Å². The van der Waals surface area contributed by atoms with E-state index in [9.17, 15) is 0 Å². The third-order valence-electron chi connectivity index (χ3n) is 3.45. The SMILES string of the molecule is CCC1CCC(CN)(OC(C)C)CC1. The summed E-state index contributed by atoms with van der Waals surface area (Å²) >= 11 is 0. The van der Waals surface area contributed by atoms with E-state index in [-0.39, 0.29) is 5.60 Å². The molecule has 0 radical (unpaired) electrons. The zero-order chi connectivity index (χ0) is 10.6. The zero-order valence-corrected chi connectivity index (χ0v) is 9.88. The summed E-state index contributed by atoms with van der Waals surface area (Å²) in [5.41, 5.74) is 5.85. The average molecular weight is 199 g/mol. The summed E-state index contributed by atoms with van der Waals surface area (Å²) in [6.45, 7) is 7.16. The first-order chi connectivity index (χ1) is 6.62. The van der Waals surface area contributed by atoms with Crippen LogP contribution < -0.4 is 5.73 Å². The summed E-state index contributed by atoms with van der Waals surface area (Å²) in [6.07, 6.45) is 6.50. The Bertz CT molecular complexity index is 160. The third-order valence-corrected chi connectivity index (χ3v) is 3.45. The van der Waals surface area contributed by atoms with E-state index in [0.717, 1.165) is 18.8 Å². The highest BCUT2D eigenvalue weighted by Gasteiger charge is 2.35. The van der Waals surface area contributed by atoms with Gasteiger partial charge < -0.3 is 10.5 Å². The van der Waals surface area contributed by atoms with Gasteiger partial charge in [0, 0.05) is 6.54 Å². The molecule has 0 atom stereocenters. The van der Waals surface area contributed by atoms with Crippen LogP contribution in [0.2, 0.25) is 0 Å². The second-order valence-electron chi connectivity index (χ2n) is 4.91. The minimum absolute atomic E-state index is 0.000162. The Labute approximate surface area is 88.2 Å². The Morgan fingerprint density at radius 3 is 2.29 bits per heavy atom. The van der Waals surface area contributed by atoms with Crippen LogP contribution in [0.4, 0.5) is 0 Å². The fraction of sp³-hybridized carbons (Fsp3) is 1.00. The molecule has 2 N–H and O–H groups in total. The lowest BCUT2D eigenvalue weighted by Gasteiger charge is -2.40. The number of nitrogens with two attached hydrogens (primary N) is 1. The largest absolute Gasteiger partial charge is 0.371 e. The normalized spacial score (nSPS) is 33.6. The molecule has 1 saturated carbocycles. The van der Waals surface area contributed by atoms with Crippen LogP contribution >= 0.6 is 0 Å². The van der Waals surface area contributed by atoms with Gasteiger partial charge in [-0.15, -0.1) is 0 Å². The van der Waals surface area contributed by atoms with Gasteiger partial charge in [-0.1, -0.05) is 13.3 Å². The molecule has 1 rings (SSSR count). The monoisotopic (exact) mass is 199 g/mol. The molecule has 1 fully saturated rings. The van der Waals surface area contributed by atoms with Crippen molar-refractivity contribution in [3.63, 3.8) is 0 Å². The van der Waals surface area contributed by atoms with Crippen molar-refractivity contribution >= 4 is 0 Å². The standard InChI is InChI=1S/C12H25NO/c1-4-11-5-7-12(9-13,8-6-11)14-10(2)3/h10-11H,4-9,13H2,1-3H3. The number of hydrogen-bond donors (Lipinski definition) is 1. The van der Waals surface area contributed by atoms with Gasteiger partial charge in [0.25, 0.3) is 0 Å². The van der Waals surface area contributed by atoms with Crippen LogP contribution in [-0.2, 0) is 4.74 Å². The van der Waals surface area contributed by atoms with Gasteiger partial charge in [-0.2, -0.15) is 0 Å². The molecule has 0 saturated heterocycles. The molecule has 0 unspecified atom stereocenters. The average Bonchev–Trinajstić information content (AvgIpc) is 2.18. The van der Waals surface area contributed by atoms with Gasteiger partial charge in [-0.25, -0.2) is 0 Å². The fourth-order valence-corrected chi connectivity index (χ4v) is 2.48. The third kappa shape index (κ3) is 2.96. The Morgan fingerprint density at radius 2 is 1.93 bits per heavy atom. The quantitative estimate of drug-likeness (QED) is 0.755. The summed E-state index contributed by atoms with van der Waals surface area (Å²) in [4.78, 5) is 0. The molecular weight excluding hydrogens is 174 g/mol. The fourth-order valence-electron chi connectivity index (χ4n) is 2.48. The van der Waals surface area contributed by atoms with E-state index >= 15 is 0 Å². The molecule has 1 aliphatic carbocycles. The summed E-state index contributed by atoms with van der Waals surface area (Å²) < 4.78 is 6.00. The number of ether oxygens (including phenoxy) is 1. The topological polar surface area (TPSA) is 35.2 Å². The molecule has 2 nitrogen and oxygen atoms in total. The molecule has 0 heterocycles. The minimum Gasteiger partial charge on any atom is -0.371 e. The van der Waals surface area contributed by atoms with Crippen molar-refractivity contribution in [3.8, 4) is 0 Å². The summed E-state index contributed by atoms with van der Waals surface area (Å²) in [6, 6.07) is 0. The van der Waals surface area contributed by atoms with Crippen LogP contribution in [0, 0.1) is 5.92 Å². The van der Waals surface area contributed by atoms with Gasteiger partial charge in [0.2, 0.25) is 0 Å². The predicted molar refractivity (Wildman–Crippen MR) is 60.3 cm³/mol. The van der Waals surface area contributed by atoms with Crippen LogP contribution in [0.3, 0.4) is 0 Å². The van der Waals surface area contributed by atoms with Crippen LogP contribution in [-0.4, -0.2) is 18.2 Å². The van der Waals surface area contributed by atoms with Crippen molar-refractivity contribution in [2.24, 2.45) is 11.7 Å². The van der Waals surface area contributed by atoms with Crippen LogP contribution in [0.1, 0.15) is 52.9 Å². The molecule has 0 aromatic carbocycles. The molecule has 0 aromatic rings. The second kappa shape index (κ2) is 5.13. The van der Waals surface area contributed by atoms with Gasteiger partial charge in [0.05, 0.1) is 11.7 Å². The van der Waals surface area contributed by atoms with Gasteiger partial charge in [0.15, 0.2) is 0 Å². The Hall–Kier alpha value is -0.0800. The lowest BCUT2D eigenvalue weighted by Crippen LogP contribution is -2.45. The molecule has 0 aliphatic heterocycles. The maximum atomic E-state index is 6.00. The first kappa shape index (κ1) is 12.0. The molecule has 0 bridgehead atoms. The summed E-state index contributed by atoms with van der Waals surface area (Å²) in [5, 5.41) is 0. The first-order valence-corrected chi connectivity index (χ1v) is 6.00. The molecule has 0 spiro atoms. The summed E-state index contributed by atoms with van der Waals surface area (Å²) in [5.74, 6) is 0.908. The van der Waals surface area contributed by atoms with Gasteiger partial charge in [-0.3, -0.25) is 0 Å². The van der Waals surface area contributed by atoms with Gasteiger partial charge >= 0.3 is 0 Å². The summed E-state index contributed by atoms with van der Waals surface area (Å²) in [7, 11) is 0. The molecule has 0 amide bonds. The molecule has 0 aromatic heterocycles. The Morgan fingerprint density at radius 1 is 1.36 bits per heavy atom. The van der Waals surface area contributed by atoms with E-state index in [1.54, 1.807) is 0 Å². The maximum absolute atomic E-state index is 6.00. The smallest absolute Gasteiger partial charge is 0.0807 e. The molecule has 1 aliphatic rings. The minimum atomic E-state index is -0.000162. The van der Waals surface area contributed by atoms with Crippen molar-refractivity contribution in [2.45, 2.75) is 64.6 Å². The molecule has 14 heavy (non-hydrogen) atoms. The van der Waals surface area contributed by atoms with Crippen LogP contribution in [0.5, 0.6) is 0 Å². The zero-order valence-electron chi connectivity index (χ0n) is 9.88. The van der Waals surface area contributed by atoms with Gasteiger partial charge in [0.1, 0.15) is 0 Å². The molecule has 84 valence electrons. The van der Waals surface area contributed by atoms with Crippen molar-refractivity contribution in [3.05, 3.63) is 0 Å². The number of hydrogen-bond acceptors (Lipinski definition) is 2. The molecular formula is C12H25NO. The maximum Gasteiger partial charge on any atom is 0.0807 e. The van der Waals surface area contributed by atoms with Crippen LogP contribution in [0.15, 0.2) is 0 Å². The second-order valence-corrected chi connectivity index (χ2v) is 4.91. The van der Waals surface area contributed by atoms with Crippen molar-refractivity contribution in [2.75, 3.05) is 6.54 Å². The van der Waals surface area contributed by atoms with E-state index in [4.69, 9.17) is 10.5 Å². The van der Waals surface area contributed by atoms with Crippen molar-refractivity contribution in [1.82, 2.24) is 0 Å². The van der Waals surface area contributed by atoms with E-state index in [0.29, 0.717) is 12.6 Å². The van der Waals surface area contributed by atoms with E-state index in [2.05, 4.69) is 20.8 Å². The lowest BCUT2D eigenvalue weighted by atomic mass is 9.77. The highest BCUT2D eigenvalue weighted by molar-refractivity contribution is 4.88. The predicted octanol–water partition coefficient (Wildman–Crippen LogP) is 2.71. The Kier molecular flexibility index (Phi) is 4.39. The van der Waals surface area contributed by atoms with Gasteiger partial charge in [-0.05, 0) is 45.4 Å². The van der Waals surface area contributed by atoms with Crippen molar-refractivity contribution in [1.29, 1.82) is 0 Å². The van der Waals surface area contributed by atoms with E-state index < -0.39 is 0 Å². The van der Waals surface area contributed by atoms with E-state index in [1.165, 1.54) is 19.3 Å². The first-order valence-electron chi connectivity index (χ1n) is 6.00. The van der Waals surface area contributed by atoms with Crippen LogP contribution in [0.25, 0.3) is 0 Å². The highest BCUT2D eigenvalue weighted by Crippen LogP contribution is 2.36. The highest BCUT2D eigenvalue weighted by atomic mass is 16.5. The molecule has 2 heteroatoms. The number of rotatable bonds is 4. The van der Waals surface area contributed by atoms with E-state index in [1.807, 2.05) is 0 Å². The Balaban J connectivity index is 2.48. The lowest BCUT2D eigenvalue weighted by molar-refractivity contribution is -0.101.